The van der Waals surface area contributed by atoms with Crippen molar-refractivity contribution in [1.82, 2.24) is 0 Å². The number of methoxy groups -OCH3 is 1. The fourth-order valence-electron chi connectivity index (χ4n) is 1.39. The maximum absolute atomic E-state index is 11.5. The van der Waals surface area contributed by atoms with Gasteiger partial charge in [0, 0.05) is 4.90 Å². The van der Waals surface area contributed by atoms with Gasteiger partial charge >= 0.3 is 11.9 Å². The second-order valence-electron chi connectivity index (χ2n) is 3.05. The third-order valence-electron chi connectivity index (χ3n) is 2.09. The van der Waals surface area contributed by atoms with Crippen molar-refractivity contribution in [2.24, 2.45) is 0 Å². The molecule has 1 N–H and O–H groups in total. The fraction of sp³-hybridized carbons (Fsp3) is 0.273. The average molecular weight is 240 g/mol. The van der Waals surface area contributed by atoms with Crippen LogP contribution in [0.2, 0.25) is 0 Å². The molecule has 0 fully saturated rings. The summed E-state index contributed by atoms with van der Waals surface area (Å²) in [4.78, 5) is 23.0. The van der Waals surface area contributed by atoms with E-state index in [1.165, 1.54) is 18.9 Å². The Labute approximate surface area is 97.6 Å². The molecule has 1 aromatic carbocycles. The van der Waals surface area contributed by atoms with Crippen LogP contribution in [0.4, 0.5) is 0 Å². The fourth-order valence-corrected chi connectivity index (χ4v) is 2.03. The van der Waals surface area contributed by atoms with E-state index in [0.29, 0.717) is 11.1 Å². The van der Waals surface area contributed by atoms with E-state index in [0.717, 1.165) is 4.90 Å². The van der Waals surface area contributed by atoms with Crippen molar-refractivity contribution in [3.05, 3.63) is 29.3 Å². The first-order valence-corrected chi connectivity index (χ1v) is 5.78. The molecule has 0 unspecified atom stereocenters. The Morgan fingerprint density at radius 1 is 1.44 bits per heavy atom. The van der Waals surface area contributed by atoms with E-state index in [4.69, 9.17) is 5.11 Å². The summed E-state index contributed by atoms with van der Waals surface area (Å²) in [5.41, 5.74) is 0.825. The largest absolute Gasteiger partial charge is 0.481 e. The number of carbonyl (C=O) groups excluding carboxylic acids is 1. The number of thioether (sulfide) groups is 1. The maximum atomic E-state index is 11.5. The second-order valence-corrected chi connectivity index (χ2v) is 3.90. The molecule has 0 heterocycles. The summed E-state index contributed by atoms with van der Waals surface area (Å²) >= 11 is 1.41. The van der Waals surface area contributed by atoms with Crippen LogP contribution in [0.5, 0.6) is 0 Å². The number of carbonyl (C=O) groups is 2. The lowest BCUT2D eigenvalue weighted by atomic mass is 10.0. The molecule has 1 aromatic rings. The predicted molar refractivity (Wildman–Crippen MR) is 60.9 cm³/mol. The van der Waals surface area contributed by atoms with Gasteiger partial charge in [0.05, 0.1) is 19.1 Å². The number of ether oxygens (including phenoxy) is 1. The standard InChI is InChI=1S/C11H12O4S/c1-15-11(14)7-4-3-5-9(16-2)8(7)6-10(12)13/h3-5H,6H2,1-2H3,(H,12,13). The van der Waals surface area contributed by atoms with E-state index in [9.17, 15) is 9.59 Å². The number of carboxylic acid groups (broad SMARTS) is 1. The van der Waals surface area contributed by atoms with Gasteiger partial charge in [-0.2, -0.15) is 0 Å². The lowest BCUT2D eigenvalue weighted by Crippen LogP contribution is -2.10. The molecule has 0 saturated heterocycles. The number of hydrogen-bond acceptors (Lipinski definition) is 4. The molecular formula is C11H12O4S. The van der Waals surface area contributed by atoms with Crippen molar-refractivity contribution < 1.29 is 19.4 Å². The van der Waals surface area contributed by atoms with Gasteiger partial charge < -0.3 is 9.84 Å². The molecule has 0 radical (unpaired) electrons. The van der Waals surface area contributed by atoms with Crippen LogP contribution in [0.15, 0.2) is 23.1 Å². The quantitative estimate of drug-likeness (QED) is 0.642. The monoisotopic (exact) mass is 240 g/mol. The van der Waals surface area contributed by atoms with Crippen molar-refractivity contribution in [2.75, 3.05) is 13.4 Å². The summed E-state index contributed by atoms with van der Waals surface area (Å²) in [5, 5.41) is 8.80. The van der Waals surface area contributed by atoms with Gasteiger partial charge in [0.2, 0.25) is 0 Å². The third kappa shape index (κ3) is 2.76. The van der Waals surface area contributed by atoms with Crippen LogP contribution in [0.25, 0.3) is 0 Å². The highest BCUT2D eigenvalue weighted by molar-refractivity contribution is 7.98. The summed E-state index contributed by atoms with van der Waals surface area (Å²) in [6, 6.07) is 5.07. The summed E-state index contributed by atoms with van der Waals surface area (Å²) in [5.74, 6) is -1.47. The zero-order valence-electron chi connectivity index (χ0n) is 9.02. The lowest BCUT2D eigenvalue weighted by molar-refractivity contribution is -0.136. The molecule has 0 aliphatic rings. The van der Waals surface area contributed by atoms with E-state index in [-0.39, 0.29) is 6.42 Å². The third-order valence-corrected chi connectivity index (χ3v) is 2.91. The number of hydrogen-bond donors (Lipinski definition) is 1. The zero-order valence-corrected chi connectivity index (χ0v) is 9.84. The van der Waals surface area contributed by atoms with Crippen LogP contribution in [-0.2, 0) is 16.0 Å². The summed E-state index contributed by atoms with van der Waals surface area (Å²) < 4.78 is 4.62. The highest BCUT2D eigenvalue weighted by Crippen LogP contribution is 2.24. The van der Waals surface area contributed by atoms with Gasteiger partial charge in [-0.25, -0.2) is 4.79 Å². The topological polar surface area (TPSA) is 63.6 Å². The Balaban J connectivity index is 3.25. The Morgan fingerprint density at radius 3 is 2.62 bits per heavy atom. The molecule has 0 amide bonds. The van der Waals surface area contributed by atoms with E-state index in [1.807, 2.05) is 6.26 Å². The lowest BCUT2D eigenvalue weighted by Gasteiger charge is -2.09. The minimum absolute atomic E-state index is 0.179. The van der Waals surface area contributed by atoms with Gasteiger partial charge in [-0.1, -0.05) is 6.07 Å². The van der Waals surface area contributed by atoms with Crippen LogP contribution in [0, 0.1) is 0 Å². The van der Waals surface area contributed by atoms with Gasteiger partial charge in [-0.3, -0.25) is 4.79 Å². The molecule has 4 nitrogen and oxygen atoms in total. The van der Waals surface area contributed by atoms with Crippen LogP contribution >= 0.6 is 11.8 Å². The molecule has 1 rings (SSSR count). The molecular weight excluding hydrogens is 228 g/mol. The molecule has 0 aromatic heterocycles. The minimum atomic E-state index is -0.966. The molecule has 86 valence electrons. The van der Waals surface area contributed by atoms with Gasteiger partial charge in [-0.05, 0) is 24.0 Å². The number of carboxylic acids is 1. The maximum Gasteiger partial charge on any atom is 0.338 e. The van der Waals surface area contributed by atoms with Crippen LogP contribution in [-0.4, -0.2) is 30.4 Å². The van der Waals surface area contributed by atoms with Gasteiger partial charge in [0.1, 0.15) is 0 Å². The SMILES string of the molecule is COC(=O)c1cccc(SC)c1CC(=O)O. The van der Waals surface area contributed by atoms with Crippen molar-refractivity contribution in [2.45, 2.75) is 11.3 Å². The Morgan fingerprint density at radius 2 is 2.12 bits per heavy atom. The van der Waals surface area contributed by atoms with Crippen LogP contribution < -0.4 is 0 Å². The first kappa shape index (κ1) is 12.6. The first-order chi connectivity index (χ1) is 7.60. The highest BCUT2D eigenvalue weighted by Gasteiger charge is 2.17. The molecule has 0 bridgehead atoms. The van der Waals surface area contributed by atoms with Crippen LogP contribution in [0.1, 0.15) is 15.9 Å². The minimum Gasteiger partial charge on any atom is -0.481 e. The molecule has 0 aliphatic carbocycles. The predicted octanol–water partition coefficient (Wildman–Crippen LogP) is 1.82. The van der Waals surface area contributed by atoms with E-state index < -0.39 is 11.9 Å². The molecule has 0 spiro atoms. The van der Waals surface area contributed by atoms with Crippen molar-refractivity contribution in [3.63, 3.8) is 0 Å². The second kappa shape index (κ2) is 5.55. The molecule has 0 aliphatic heterocycles. The summed E-state index contributed by atoms with van der Waals surface area (Å²) in [6.07, 6.45) is 1.66. The number of aliphatic carboxylic acids is 1. The van der Waals surface area contributed by atoms with E-state index in [2.05, 4.69) is 4.74 Å². The van der Waals surface area contributed by atoms with E-state index >= 15 is 0 Å². The van der Waals surface area contributed by atoms with Crippen molar-refractivity contribution in [3.8, 4) is 0 Å². The van der Waals surface area contributed by atoms with Crippen molar-refractivity contribution >= 4 is 23.7 Å². The Kier molecular flexibility index (Phi) is 4.37. The van der Waals surface area contributed by atoms with Crippen LogP contribution in [0.3, 0.4) is 0 Å². The molecule has 0 atom stereocenters. The Hall–Kier alpha value is -1.49. The highest BCUT2D eigenvalue weighted by atomic mass is 32.2. The van der Waals surface area contributed by atoms with Gasteiger partial charge in [-0.15, -0.1) is 11.8 Å². The van der Waals surface area contributed by atoms with Gasteiger partial charge in [0.25, 0.3) is 0 Å². The normalized spacial score (nSPS) is 9.88. The van der Waals surface area contributed by atoms with E-state index in [1.54, 1.807) is 18.2 Å². The van der Waals surface area contributed by atoms with Crippen molar-refractivity contribution in [1.29, 1.82) is 0 Å². The number of esters is 1. The van der Waals surface area contributed by atoms with Gasteiger partial charge in [0.15, 0.2) is 0 Å². The molecule has 16 heavy (non-hydrogen) atoms. The smallest absolute Gasteiger partial charge is 0.338 e. The molecule has 5 heteroatoms. The first-order valence-electron chi connectivity index (χ1n) is 4.56. The average Bonchev–Trinajstić information content (AvgIpc) is 2.27. The number of benzene rings is 1. The summed E-state index contributed by atoms with van der Waals surface area (Å²) in [7, 11) is 1.28. The number of rotatable bonds is 4. The zero-order chi connectivity index (χ0) is 12.1. The Bertz CT molecular complexity index is 414. The summed E-state index contributed by atoms with van der Waals surface area (Å²) in [6.45, 7) is 0. The molecule has 0 saturated carbocycles.